The lowest BCUT2D eigenvalue weighted by molar-refractivity contribution is 0.0498. The Hall–Kier alpha value is -2.62. The molecule has 3 nitrogen and oxygen atoms in total. The van der Waals surface area contributed by atoms with Gasteiger partial charge < -0.3 is 9.84 Å². The molecule has 0 saturated heterocycles. The van der Waals surface area contributed by atoms with Gasteiger partial charge in [-0.25, -0.2) is 0 Å². The fourth-order valence-corrected chi connectivity index (χ4v) is 3.48. The standard InChI is InChI=1S/C24H27NO2/c1-19(26)24(22-13-15-23(27-2)16-14-22)25(17-20-9-5-3-6-10-20)18-21-11-7-4-8-12-21/h3-16,19,24,26H,17-18H2,1-2H3/t19-,24-/m0/s1. The molecule has 0 aromatic heterocycles. The Balaban J connectivity index is 1.93. The molecule has 1 N–H and O–H groups in total. The summed E-state index contributed by atoms with van der Waals surface area (Å²) in [6.45, 7) is 3.38. The summed E-state index contributed by atoms with van der Waals surface area (Å²) in [6, 6.07) is 28.7. The molecule has 3 aromatic carbocycles. The molecule has 0 saturated carbocycles. The smallest absolute Gasteiger partial charge is 0.118 e. The van der Waals surface area contributed by atoms with Gasteiger partial charge in [-0.2, -0.15) is 0 Å². The van der Waals surface area contributed by atoms with E-state index in [1.165, 1.54) is 11.1 Å². The number of rotatable bonds is 8. The number of benzene rings is 3. The Bertz CT molecular complexity index is 759. The number of aliphatic hydroxyl groups excluding tert-OH is 1. The third kappa shape index (κ3) is 5.19. The number of aliphatic hydroxyl groups is 1. The summed E-state index contributed by atoms with van der Waals surface area (Å²) in [6.07, 6.45) is -0.509. The van der Waals surface area contributed by atoms with E-state index in [0.29, 0.717) is 0 Å². The monoisotopic (exact) mass is 361 g/mol. The van der Waals surface area contributed by atoms with E-state index in [-0.39, 0.29) is 6.04 Å². The molecule has 0 aliphatic carbocycles. The molecule has 0 unspecified atom stereocenters. The van der Waals surface area contributed by atoms with E-state index in [0.717, 1.165) is 24.4 Å². The van der Waals surface area contributed by atoms with Gasteiger partial charge in [-0.05, 0) is 35.7 Å². The van der Waals surface area contributed by atoms with Crippen molar-refractivity contribution in [3.05, 3.63) is 102 Å². The van der Waals surface area contributed by atoms with Crippen molar-refractivity contribution >= 4 is 0 Å². The first kappa shape index (κ1) is 19.2. The van der Waals surface area contributed by atoms with E-state index >= 15 is 0 Å². The van der Waals surface area contributed by atoms with Gasteiger partial charge in [-0.1, -0.05) is 72.8 Å². The van der Waals surface area contributed by atoms with Crippen molar-refractivity contribution in [2.45, 2.75) is 32.2 Å². The molecule has 0 heterocycles. The van der Waals surface area contributed by atoms with Gasteiger partial charge in [-0.15, -0.1) is 0 Å². The first-order valence-electron chi connectivity index (χ1n) is 9.31. The summed E-state index contributed by atoms with van der Waals surface area (Å²) >= 11 is 0. The number of hydrogen-bond acceptors (Lipinski definition) is 3. The lowest BCUT2D eigenvalue weighted by Gasteiger charge is -2.34. The molecular weight excluding hydrogens is 334 g/mol. The number of hydrogen-bond donors (Lipinski definition) is 1. The van der Waals surface area contributed by atoms with Gasteiger partial charge >= 0.3 is 0 Å². The molecule has 0 bridgehead atoms. The minimum Gasteiger partial charge on any atom is -0.497 e. The number of nitrogens with zero attached hydrogens (tertiary/aromatic N) is 1. The van der Waals surface area contributed by atoms with Crippen LogP contribution in [0.4, 0.5) is 0 Å². The van der Waals surface area contributed by atoms with Crippen LogP contribution < -0.4 is 4.74 Å². The molecule has 0 amide bonds. The molecular formula is C24H27NO2. The lowest BCUT2D eigenvalue weighted by atomic mass is 9.98. The molecule has 3 heteroatoms. The zero-order chi connectivity index (χ0) is 19.1. The third-order valence-corrected chi connectivity index (χ3v) is 4.76. The molecule has 0 radical (unpaired) electrons. The van der Waals surface area contributed by atoms with E-state index < -0.39 is 6.10 Å². The summed E-state index contributed by atoms with van der Waals surface area (Å²) in [7, 11) is 1.66. The Morgan fingerprint density at radius 3 is 1.67 bits per heavy atom. The van der Waals surface area contributed by atoms with Gasteiger partial charge in [0.25, 0.3) is 0 Å². The summed E-state index contributed by atoms with van der Waals surface area (Å²) in [5.74, 6) is 0.820. The van der Waals surface area contributed by atoms with Crippen molar-refractivity contribution in [3.8, 4) is 5.75 Å². The Kier molecular flexibility index (Phi) is 6.64. The average molecular weight is 361 g/mol. The van der Waals surface area contributed by atoms with E-state index in [4.69, 9.17) is 4.74 Å². The van der Waals surface area contributed by atoms with Crippen LogP contribution in [0.25, 0.3) is 0 Å². The maximum atomic E-state index is 10.6. The van der Waals surface area contributed by atoms with Crippen LogP contribution in [0.2, 0.25) is 0 Å². The van der Waals surface area contributed by atoms with Crippen LogP contribution in [-0.4, -0.2) is 23.2 Å². The van der Waals surface area contributed by atoms with Crippen molar-refractivity contribution in [3.63, 3.8) is 0 Å². The van der Waals surface area contributed by atoms with Gasteiger partial charge in [0.15, 0.2) is 0 Å². The summed E-state index contributed by atoms with van der Waals surface area (Å²) in [5.41, 5.74) is 3.54. The molecule has 0 aliphatic rings. The van der Waals surface area contributed by atoms with Crippen molar-refractivity contribution in [2.24, 2.45) is 0 Å². The molecule has 0 fully saturated rings. The fraction of sp³-hybridized carbons (Fsp3) is 0.250. The van der Waals surface area contributed by atoms with Crippen LogP contribution in [0.5, 0.6) is 5.75 Å². The predicted octanol–water partition coefficient (Wildman–Crippen LogP) is 4.82. The largest absolute Gasteiger partial charge is 0.497 e. The average Bonchev–Trinajstić information content (AvgIpc) is 2.70. The molecule has 140 valence electrons. The molecule has 3 aromatic rings. The number of ether oxygens (including phenoxy) is 1. The van der Waals surface area contributed by atoms with Crippen molar-refractivity contribution in [2.75, 3.05) is 7.11 Å². The van der Waals surface area contributed by atoms with E-state index in [2.05, 4.69) is 53.4 Å². The first-order valence-corrected chi connectivity index (χ1v) is 9.31. The maximum Gasteiger partial charge on any atom is 0.118 e. The molecule has 2 atom stereocenters. The van der Waals surface area contributed by atoms with Gasteiger partial charge in [0.1, 0.15) is 5.75 Å². The SMILES string of the molecule is COc1ccc([C@H]([C@H](C)O)N(Cc2ccccc2)Cc2ccccc2)cc1. The second kappa shape index (κ2) is 9.36. The Morgan fingerprint density at radius 2 is 1.26 bits per heavy atom. The first-order chi connectivity index (χ1) is 13.2. The highest BCUT2D eigenvalue weighted by atomic mass is 16.5. The van der Waals surface area contributed by atoms with E-state index in [9.17, 15) is 5.11 Å². The topological polar surface area (TPSA) is 32.7 Å². The highest BCUT2D eigenvalue weighted by molar-refractivity contribution is 5.30. The van der Waals surface area contributed by atoms with Gasteiger partial charge in [-0.3, -0.25) is 4.90 Å². The third-order valence-electron chi connectivity index (χ3n) is 4.76. The lowest BCUT2D eigenvalue weighted by Crippen LogP contribution is -2.34. The van der Waals surface area contributed by atoms with Crippen LogP contribution in [0.1, 0.15) is 29.7 Å². The van der Waals surface area contributed by atoms with Crippen molar-refractivity contribution < 1.29 is 9.84 Å². The predicted molar refractivity (Wildman–Crippen MR) is 110 cm³/mol. The van der Waals surface area contributed by atoms with Crippen molar-refractivity contribution in [1.82, 2.24) is 4.90 Å². The van der Waals surface area contributed by atoms with Gasteiger partial charge in [0, 0.05) is 13.1 Å². The number of methoxy groups -OCH3 is 1. The minimum absolute atomic E-state index is 0.115. The van der Waals surface area contributed by atoms with Gasteiger partial charge in [0.05, 0.1) is 19.3 Å². The molecule has 27 heavy (non-hydrogen) atoms. The van der Waals surface area contributed by atoms with Crippen LogP contribution in [0.3, 0.4) is 0 Å². The van der Waals surface area contributed by atoms with Crippen molar-refractivity contribution in [1.29, 1.82) is 0 Å². The van der Waals surface area contributed by atoms with Crippen LogP contribution >= 0.6 is 0 Å². The second-order valence-corrected chi connectivity index (χ2v) is 6.83. The van der Waals surface area contributed by atoms with Crippen LogP contribution in [0.15, 0.2) is 84.9 Å². The van der Waals surface area contributed by atoms with Gasteiger partial charge in [0.2, 0.25) is 0 Å². The zero-order valence-corrected chi connectivity index (χ0v) is 16.0. The van der Waals surface area contributed by atoms with Crippen LogP contribution in [0, 0.1) is 0 Å². The highest BCUT2D eigenvalue weighted by Crippen LogP contribution is 2.29. The van der Waals surface area contributed by atoms with E-state index in [1.807, 2.05) is 43.3 Å². The molecule has 3 rings (SSSR count). The Labute approximate surface area is 161 Å². The summed E-state index contributed by atoms with van der Waals surface area (Å²) < 4.78 is 5.29. The normalized spacial score (nSPS) is 13.3. The minimum atomic E-state index is -0.509. The maximum absolute atomic E-state index is 10.6. The highest BCUT2D eigenvalue weighted by Gasteiger charge is 2.25. The summed E-state index contributed by atoms with van der Waals surface area (Å²) in [5, 5.41) is 10.6. The zero-order valence-electron chi connectivity index (χ0n) is 16.0. The summed E-state index contributed by atoms with van der Waals surface area (Å²) in [4.78, 5) is 2.33. The molecule has 0 spiro atoms. The fourth-order valence-electron chi connectivity index (χ4n) is 3.48. The van der Waals surface area contributed by atoms with E-state index in [1.54, 1.807) is 7.11 Å². The van der Waals surface area contributed by atoms with Crippen LogP contribution in [-0.2, 0) is 13.1 Å². The Morgan fingerprint density at radius 1 is 0.778 bits per heavy atom. The second-order valence-electron chi connectivity index (χ2n) is 6.83. The molecule has 0 aliphatic heterocycles. The quantitative estimate of drug-likeness (QED) is 0.624.